The molecule has 2 amide bonds. The predicted octanol–water partition coefficient (Wildman–Crippen LogP) is 1.99. The fraction of sp³-hybridized carbons (Fsp3) is 0.433. The summed E-state index contributed by atoms with van der Waals surface area (Å²) in [6, 6.07) is 12.5. The number of anilines is 1. The van der Waals surface area contributed by atoms with Crippen molar-refractivity contribution in [2.45, 2.75) is 30.2 Å². The van der Waals surface area contributed by atoms with Crippen molar-refractivity contribution in [2.75, 3.05) is 64.9 Å². The number of amides is 2. The molecular formula is C30H36N4O7S. The molecule has 12 heteroatoms. The Bertz CT molecular complexity index is 1550. The minimum atomic E-state index is -3.87. The Morgan fingerprint density at radius 2 is 1.71 bits per heavy atom. The van der Waals surface area contributed by atoms with Crippen molar-refractivity contribution in [1.82, 2.24) is 14.1 Å². The zero-order chi connectivity index (χ0) is 30.2. The Balaban J connectivity index is 1.68. The number of fused-ring (bicyclic) bond motifs is 2. The maximum absolute atomic E-state index is 14.5. The lowest BCUT2D eigenvalue weighted by atomic mass is 9.82. The zero-order valence-electron chi connectivity index (χ0n) is 24.1. The number of rotatable bonds is 9. The SMILES string of the molecule is CCCN1C(=O)[C@]2(C(=C(O)c3cccc(S(=O)(=O)N(C)C)c3)C(=O)C(=O)N2CCCN2CCOCC2)c2ccccc21. The van der Waals surface area contributed by atoms with E-state index in [0.29, 0.717) is 50.4 Å². The van der Waals surface area contributed by atoms with Crippen molar-refractivity contribution >= 4 is 39.1 Å². The number of para-hydroxylation sites is 1. The summed E-state index contributed by atoms with van der Waals surface area (Å²) in [6.07, 6.45) is 1.12. The number of carbonyl (C=O) groups is 3. The van der Waals surface area contributed by atoms with Gasteiger partial charge in [-0.25, -0.2) is 12.7 Å². The molecule has 2 aromatic rings. The van der Waals surface area contributed by atoms with E-state index >= 15 is 0 Å². The molecule has 0 radical (unpaired) electrons. The van der Waals surface area contributed by atoms with E-state index in [2.05, 4.69) is 4.90 Å². The van der Waals surface area contributed by atoms with Gasteiger partial charge in [0, 0.05) is 57.9 Å². The zero-order valence-corrected chi connectivity index (χ0v) is 24.9. The molecule has 3 aliphatic heterocycles. The molecule has 2 saturated heterocycles. The molecule has 2 aromatic carbocycles. The van der Waals surface area contributed by atoms with Crippen LogP contribution in [0.5, 0.6) is 0 Å². The van der Waals surface area contributed by atoms with Gasteiger partial charge in [0.1, 0.15) is 5.76 Å². The second kappa shape index (κ2) is 11.6. The molecule has 1 spiro atoms. The summed E-state index contributed by atoms with van der Waals surface area (Å²) in [5.74, 6) is -2.95. The lowest BCUT2D eigenvalue weighted by Gasteiger charge is -2.35. The smallest absolute Gasteiger partial charge is 0.296 e. The predicted molar refractivity (Wildman–Crippen MR) is 156 cm³/mol. The Labute approximate surface area is 246 Å². The maximum atomic E-state index is 14.5. The number of sulfonamides is 1. The van der Waals surface area contributed by atoms with Gasteiger partial charge in [-0.05, 0) is 31.0 Å². The lowest BCUT2D eigenvalue weighted by Crippen LogP contribution is -2.52. The van der Waals surface area contributed by atoms with Crippen LogP contribution in [0.3, 0.4) is 0 Å². The topological polar surface area (TPSA) is 128 Å². The highest BCUT2D eigenvalue weighted by molar-refractivity contribution is 7.89. The second-order valence-electron chi connectivity index (χ2n) is 10.8. The molecule has 3 aliphatic rings. The third-order valence-corrected chi connectivity index (χ3v) is 9.91. The van der Waals surface area contributed by atoms with Crippen LogP contribution in [0.2, 0.25) is 0 Å². The highest BCUT2D eigenvalue weighted by atomic mass is 32.2. The molecule has 11 nitrogen and oxygen atoms in total. The number of Topliss-reactive ketones (excluding diaryl/α,β-unsaturated/α-hetero) is 1. The molecular weight excluding hydrogens is 560 g/mol. The number of ketones is 1. The summed E-state index contributed by atoms with van der Waals surface area (Å²) >= 11 is 0. The number of hydrogen-bond acceptors (Lipinski definition) is 8. The van der Waals surface area contributed by atoms with Crippen LogP contribution in [0.1, 0.15) is 30.9 Å². The van der Waals surface area contributed by atoms with E-state index in [9.17, 15) is 27.9 Å². The minimum absolute atomic E-state index is 0.0165. The first-order valence-electron chi connectivity index (χ1n) is 14.1. The molecule has 1 atom stereocenters. The van der Waals surface area contributed by atoms with Gasteiger partial charge >= 0.3 is 0 Å². The Morgan fingerprint density at radius 3 is 2.40 bits per heavy atom. The molecule has 1 N–H and O–H groups in total. The fourth-order valence-corrected chi connectivity index (χ4v) is 7.00. The van der Waals surface area contributed by atoms with Crippen LogP contribution in [-0.2, 0) is 34.7 Å². The number of aliphatic hydroxyl groups excluding tert-OH is 1. The normalized spacial score (nSPS) is 22.5. The molecule has 5 rings (SSSR count). The highest BCUT2D eigenvalue weighted by Gasteiger charge is 2.66. The summed E-state index contributed by atoms with van der Waals surface area (Å²) < 4.78 is 32.2. The highest BCUT2D eigenvalue weighted by Crippen LogP contribution is 2.53. The van der Waals surface area contributed by atoms with Gasteiger partial charge in [-0.1, -0.05) is 37.3 Å². The number of likely N-dealkylation sites (tertiary alicyclic amines) is 1. The van der Waals surface area contributed by atoms with Crippen molar-refractivity contribution in [3.8, 4) is 0 Å². The van der Waals surface area contributed by atoms with Gasteiger partial charge in [-0.15, -0.1) is 0 Å². The van der Waals surface area contributed by atoms with Crippen LogP contribution in [0, 0.1) is 0 Å². The fourth-order valence-electron chi connectivity index (χ4n) is 6.05. The third kappa shape index (κ3) is 4.72. The summed E-state index contributed by atoms with van der Waals surface area (Å²) in [5.41, 5.74) is -1.21. The third-order valence-electron chi connectivity index (χ3n) is 8.10. The monoisotopic (exact) mass is 596 g/mol. The van der Waals surface area contributed by atoms with Crippen LogP contribution < -0.4 is 4.90 Å². The average molecular weight is 597 g/mol. The van der Waals surface area contributed by atoms with E-state index in [0.717, 1.165) is 17.4 Å². The average Bonchev–Trinajstić information content (AvgIpc) is 3.36. The van der Waals surface area contributed by atoms with Crippen molar-refractivity contribution in [3.63, 3.8) is 0 Å². The summed E-state index contributed by atoms with van der Waals surface area (Å²) in [5, 5.41) is 11.7. The number of aliphatic hydroxyl groups is 1. The lowest BCUT2D eigenvalue weighted by molar-refractivity contribution is -0.143. The summed E-state index contributed by atoms with van der Waals surface area (Å²) in [4.78, 5) is 47.1. The number of benzene rings is 2. The van der Waals surface area contributed by atoms with Crippen LogP contribution in [0.15, 0.2) is 59.0 Å². The van der Waals surface area contributed by atoms with Crippen molar-refractivity contribution in [1.29, 1.82) is 0 Å². The van der Waals surface area contributed by atoms with Crippen LogP contribution in [0.4, 0.5) is 5.69 Å². The van der Waals surface area contributed by atoms with Crippen LogP contribution in [0.25, 0.3) is 5.76 Å². The van der Waals surface area contributed by atoms with Gasteiger partial charge in [0.15, 0.2) is 5.54 Å². The van der Waals surface area contributed by atoms with Gasteiger partial charge in [-0.2, -0.15) is 0 Å². The summed E-state index contributed by atoms with van der Waals surface area (Å²) in [7, 11) is -1.09. The molecule has 0 saturated carbocycles. The molecule has 0 bridgehead atoms. The first-order chi connectivity index (χ1) is 20.1. The number of hydrogen-bond donors (Lipinski definition) is 1. The van der Waals surface area contributed by atoms with Crippen LogP contribution >= 0.6 is 0 Å². The minimum Gasteiger partial charge on any atom is -0.507 e. The molecule has 2 fully saturated rings. The number of nitrogens with zero attached hydrogens (tertiary/aromatic N) is 4. The van der Waals surface area contributed by atoms with E-state index in [1.807, 2.05) is 6.92 Å². The van der Waals surface area contributed by atoms with E-state index < -0.39 is 38.9 Å². The van der Waals surface area contributed by atoms with E-state index in [1.165, 1.54) is 43.3 Å². The quantitative estimate of drug-likeness (QED) is 0.265. The molecule has 0 aliphatic carbocycles. The van der Waals surface area contributed by atoms with Gasteiger partial charge in [0.05, 0.1) is 29.4 Å². The van der Waals surface area contributed by atoms with Gasteiger partial charge in [0.2, 0.25) is 10.0 Å². The molecule has 3 heterocycles. The van der Waals surface area contributed by atoms with Crippen molar-refractivity contribution in [3.05, 3.63) is 65.2 Å². The second-order valence-corrected chi connectivity index (χ2v) is 13.0. The Hall–Kier alpha value is -3.58. The van der Waals surface area contributed by atoms with Gasteiger partial charge in [-0.3, -0.25) is 19.3 Å². The molecule has 0 unspecified atom stereocenters. The summed E-state index contributed by atoms with van der Waals surface area (Å²) in [6.45, 7) is 5.77. The van der Waals surface area contributed by atoms with Crippen molar-refractivity contribution in [2.24, 2.45) is 0 Å². The number of ether oxygens (including phenoxy) is 1. The van der Waals surface area contributed by atoms with Gasteiger partial charge in [0.25, 0.3) is 17.6 Å². The maximum Gasteiger partial charge on any atom is 0.296 e. The largest absolute Gasteiger partial charge is 0.507 e. The Kier molecular flexibility index (Phi) is 8.26. The molecule has 0 aromatic heterocycles. The number of morpholine rings is 1. The standard InChI is InChI=1S/C30H36N4O7S/c1-4-13-33-24-12-6-5-11-23(24)30(29(33)38)25(26(35)21-9-7-10-22(20-21)42(39,40)31(2)3)27(36)28(37)34(30)15-8-14-32-16-18-41-19-17-32/h5-7,9-12,20,35H,4,8,13-19H2,1-3H3/t30-/m1/s1. The number of carbonyl (C=O) groups excluding carboxylic acids is 3. The molecule has 224 valence electrons. The van der Waals surface area contributed by atoms with Crippen molar-refractivity contribution < 1.29 is 32.6 Å². The van der Waals surface area contributed by atoms with E-state index in [-0.39, 0.29) is 22.6 Å². The van der Waals surface area contributed by atoms with E-state index in [1.54, 1.807) is 29.2 Å². The molecule has 42 heavy (non-hydrogen) atoms. The first-order valence-corrected chi connectivity index (χ1v) is 15.5. The Morgan fingerprint density at radius 1 is 1.00 bits per heavy atom. The first kappa shape index (κ1) is 29.9. The van der Waals surface area contributed by atoms with Crippen LogP contribution in [-0.4, -0.2) is 105 Å². The van der Waals surface area contributed by atoms with E-state index in [4.69, 9.17) is 4.74 Å². The van der Waals surface area contributed by atoms with Gasteiger partial charge < -0.3 is 19.6 Å².